The van der Waals surface area contributed by atoms with E-state index in [9.17, 15) is 4.39 Å². The van der Waals surface area contributed by atoms with Gasteiger partial charge in [0.05, 0.1) is 6.04 Å². The lowest BCUT2D eigenvalue weighted by molar-refractivity contribution is 0.547. The molecule has 0 saturated heterocycles. The monoisotopic (exact) mass is 356 g/mol. The summed E-state index contributed by atoms with van der Waals surface area (Å²) in [4.78, 5) is 0. The highest BCUT2D eigenvalue weighted by molar-refractivity contribution is 9.10. The Bertz CT molecular complexity index is 619. The van der Waals surface area contributed by atoms with E-state index in [4.69, 9.17) is 17.4 Å². The molecule has 2 aromatic rings. The molecule has 2 aromatic carbocycles. The summed E-state index contributed by atoms with van der Waals surface area (Å²) in [6, 6.07) is 10.3. The largest absolute Gasteiger partial charge is 0.271 e. The number of hydrogen-bond donors (Lipinski definition) is 2. The third kappa shape index (κ3) is 3.58. The quantitative estimate of drug-likeness (QED) is 0.632. The Morgan fingerprint density at radius 3 is 2.65 bits per heavy atom. The molecule has 0 aliphatic heterocycles. The molecule has 106 valence electrons. The molecule has 0 fully saturated rings. The molecule has 0 heterocycles. The first-order valence-corrected chi connectivity index (χ1v) is 7.34. The number of nitrogens with two attached hydrogens (primary N) is 1. The molecule has 0 aromatic heterocycles. The molecule has 0 aliphatic rings. The minimum absolute atomic E-state index is 0.0611. The van der Waals surface area contributed by atoms with Crippen molar-refractivity contribution in [2.24, 2.45) is 5.84 Å². The third-order valence-electron chi connectivity index (χ3n) is 3.25. The molecule has 1 unspecified atom stereocenters. The molecular weight excluding hydrogens is 343 g/mol. The fraction of sp³-hybridized carbons (Fsp3) is 0.200. The first kappa shape index (κ1) is 15.4. The molecule has 0 radical (unpaired) electrons. The first-order valence-electron chi connectivity index (χ1n) is 6.17. The van der Waals surface area contributed by atoms with Crippen molar-refractivity contribution < 1.29 is 4.39 Å². The summed E-state index contributed by atoms with van der Waals surface area (Å²) < 4.78 is 13.9. The van der Waals surface area contributed by atoms with E-state index in [0.717, 1.165) is 21.2 Å². The van der Waals surface area contributed by atoms with E-state index in [1.54, 1.807) is 6.07 Å². The van der Waals surface area contributed by atoms with Gasteiger partial charge in [-0.15, -0.1) is 0 Å². The SMILES string of the molecule is Cc1cc(Cl)ccc1C(Cc1ccc(F)cc1Br)NN. The van der Waals surface area contributed by atoms with E-state index in [0.29, 0.717) is 11.4 Å². The van der Waals surface area contributed by atoms with Gasteiger partial charge in [-0.05, 0) is 54.3 Å². The number of halogens is 3. The van der Waals surface area contributed by atoms with Crippen molar-refractivity contribution in [3.63, 3.8) is 0 Å². The Hall–Kier alpha value is -0.940. The summed E-state index contributed by atoms with van der Waals surface area (Å²) in [5.41, 5.74) is 5.95. The smallest absolute Gasteiger partial charge is 0.124 e. The Balaban J connectivity index is 2.28. The van der Waals surface area contributed by atoms with E-state index in [-0.39, 0.29) is 11.9 Å². The van der Waals surface area contributed by atoms with Gasteiger partial charge in [-0.25, -0.2) is 4.39 Å². The first-order chi connectivity index (χ1) is 9.51. The zero-order chi connectivity index (χ0) is 14.7. The summed E-state index contributed by atoms with van der Waals surface area (Å²) in [5.74, 6) is 5.40. The molecule has 2 rings (SSSR count). The molecule has 0 bridgehead atoms. The van der Waals surface area contributed by atoms with E-state index in [1.807, 2.05) is 25.1 Å². The number of hydrogen-bond acceptors (Lipinski definition) is 2. The van der Waals surface area contributed by atoms with Gasteiger partial charge in [0.15, 0.2) is 0 Å². The van der Waals surface area contributed by atoms with Crippen LogP contribution in [-0.4, -0.2) is 0 Å². The van der Waals surface area contributed by atoms with Crippen molar-refractivity contribution in [3.8, 4) is 0 Å². The maximum atomic E-state index is 13.1. The number of hydrazine groups is 1. The fourth-order valence-electron chi connectivity index (χ4n) is 2.20. The van der Waals surface area contributed by atoms with Crippen LogP contribution in [0.1, 0.15) is 22.7 Å². The van der Waals surface area contributed by atoms with Crippen molar-refractivity contribution in [2.75, 3.05) is 0 Å². The number of rotatable bonds is 4. The number of nitrogens with one attached hydrogen (secondary N) is 1. The highest BCUT2D eigenvalue weighted by atomic mass is 79.9. The second-order valence-corrected chi connectivity index (χ2v) is 5.95. The van der Waals surface area contributed by atoms with Crippen LogP contribution in [0.4, 0.5) is 4.39 Å². The molecule has 20 heavy (non-hydrogen) atoms. The zero-order valence-corrected chi connectivity index (χ0v) is 13.3. The van der Waals surface area contributed by atoms with Crippen LogP contribution in [0.25, 0.3) is 0 Å². The van der Waals surface area contributed by atoms with Crippen molar-refractivity contribution in [3.05, 3.63) is 68.4 Å². The molecule has 1 atom stereocenters. The average molecular weight is 358 g/mol. The van der Waals surface area contributed by atoms with Gasteiger partial charge < -0.3 is 0 Å². The molecule has 5 heteroatoms. The maximum absolute atomic E-state index is 13.1. The average Bonchev–Trinajstić information content (AvgIpc) is 2.39. The number of aryl methyl sites for hydroxylation is 1. The van der Waals surface area contributed by atoms with Crippen LogP contribution in [0, 0.1) is 12.7 Å². The van der Waals surface area contributed by atoms with Crippen molar-refractivity contribution in [1.29, 1.82) is 0 Å². The molecular formula is C15H15BrClFN2. The minimum Gasteiger partial charge on any atom is -0.271 e. The lowest BCUT2D eigenvalue weighted by Crippen LogP contribution is -2.30. The molecule has 0 amide bonds. The van der Waals surface area contributed by atoms with Gasteiger partial charge in [-0.2, -0.15) is 0 Å². The summed E-state index contributed by atoms with van der Waals surface area (Å²) in [6.45, 7) is 1.99. The summed E-state index contributed by atoms with van der Waals surface area (Å²) in [7, 11) is 0. The van der Waals surface area contributed by atoms with Crippen molar-refractivity contribution in [1.82, 2.24) is 5.43 Å². The second-order valence-electron chi connectivity index (χ2n) is 4.66. The van der Waals surface area contributed by atoms with Crippen LogP contribution in [0.15, 0.2) is 40.9 Å². The van der Waals surface area contributed by atoms with Crippen molar-refractivity contribution >= 4 is 27.5 Å². The van der Waals surface area contributed by atoms with Crippen LogP contribution in [0.2, 0.25) is 5.02 Å². The minimum atomic E-state index is -0.263. The fourth-order valence-corrected chi connectivity index (χ4v) is 2.94. The van der Waals surface area contributed by atoms with E-state index in [2.05, 4.69) is 21.4 Å². The highest BCUT2D eigenvalue weighted by Gasteiger charge is 2.15. The van der Waals surface area contributed by atoms with Crippen LogP contribution < -0.4 is 11.3 Å². The highest BCUT2D eigenvalue weighted by Crippen LogP contribution is 2.27. The Labute approximate surface area is 131 Å². The Kier molecular flexibility index (Phi) is 5.16. The second kappa shape index (κ2) is 6.68. The topological polar surface area (TPSA) is 38.0 Å². The van der Waals surface area contributed by atoms with Gasteiger partial charge in [0.2, 0.25) is 0 Å². The van der Waals surface area contributed by atoms with Gasteiger partial charge in [0, 0.05) is 9.50 Å². The van der Waals surface area contributed by atoms with E-state index >= 15 is 0 Å². The van der Waals surface area contributed by atoms with E-state index < -0.39 is 0 Å². The van der Waals surface area contributed by atoms with Crippen LogP contribution in [0.5, 0.6) is 0 Å². The lowest BCUT2D eigenvalue weighted by atomic mass is 9.96. The molecule has 0 spiro atoms. The van der Waals surface area contributed by atoms with Crippen molar-refractivity contribution in [2.45, 2.75) is 19.4 Å². The standard InChI is InChI=1S/C15H15BrClFN2/c1-9-6-11(17)3-5-13(9)15(20-19)7-10-2-4-12(18)8-14(10)16/h2-6,8,15,20H,7,19H2,1H3. The normalized spacial score (nSPS) is 12.4. The molecule has 3 N–H and O–H groups in total. The maximum Gasteiger partial charge on any atom is 0.124 e. The van der Waals surface area contributed by atoms with Gasteiger partial charge in [0.1, 0.15) is 5.82 Å². The van der Waals surface area contributed by atoms with Gasteiger partial charge >= 0.3 is 0 Å². The summed E-state index contributed by atoms with van der Waals surface area (Å²) in [6.07, 6.45) is 0.653. The zero-order valence-electron chi connectivity index (χ0n) is 11.0. The van der Waals surface area contributed by atoms with Gasteiger partial charge in [-0.3, -0.25) is 11.3 Å². The predicted octanol–water partition coefficient (Wildman–Crippen LogP) is 4.30. The van der Waals surface area contributed by atoms with Crippen LogP contribution in [-0.2, 0) is 6.42 Å². The number of benzene rings is 2. The Morgan fingerprint density at radius 1 is 1.30 bits per heavy atom. The molecule has 2 nitrogen and oxygen atoms in total. The molecule has 0 aliphatic carbocycles. The molecule has 0 saturated carbocycles. The predicted molar refractivity (Wildman–Crippen MR) is 84.1 cm³/mol. The third-order valence-corrected chi connectivity index (χ3v) is 4.22. The van der Waals surface area contributed by atoms with E-state index in [1.165, 1.54) is 12.1 Å². The lowest BCUT2D eigenvalue weighted by Gasteiger charge is -2.19. The van der Waals surface area contributed by atoms with Crippen LogP contribution >= 0.6 is 27.5 Å². The Morgan fingerprint density at radius 2 is 2.05 bits per heavy atom. The summed E-state index contributed by atoms with van der Waals surface area (Å²) >= 11 is 9.34. The van der Waals surface area contributed by atoms with Gasteiger partial charge in [0.25, 0.3) is 0 Å². The van der Waals surface area contributed by atoms with Gasteiger partial charge in [-0.1, -0.05) is 39.7 Å². The summed E-state index contributed by atoms with van der Waals surface area (Å²) in [5, 5.41) is 0.699. The van der Waals surface area contributed by atoms with Crippen LogP contribution in [0.3, 0.4) is 0 Å².